The van der Waals surface area contributed by atoms with E-state index in [1.54, 1.807) is 0 Å². The molecule has 67 valence electrons. The molecule has 2 rings (SSSR count). The van der Waals surface area contributed by atoms with E-state index in [0.29, 0.717) is 5.02 Å². The van der Waals surface area contributed by atoms with Crippen LogP contribution in [-0.4, -0.2) is 5.60 Å². The fourth-order valence-electron chi connectivity index (χ4n) is 1.27. The van der Waals surface area contributed by atoms with E-state index in [1.807, 2.05) is 38.1 Å². The van der Waals surface area contributed by atoms with E-state index in [4.69, 9.17) is 16.3 Å². The topological polar surface area (TPSA) is 9.23 Å². The van der Waals surface area contributed by atoms with Crippen LogP contribution in [0.15, 0.2) is 24.3 Å². The summed E-state index contributed by atoms with van der Waals surface area (Å²) in [4.78, 5) is 0. The van der Waals surface area contributed by atoms with Crippen molar-refractivity contribution in [3.8, 4) is 5.75 Å². The van der Waals surface area contributed by atoms with Gasteiger partial charge in [0.25, 0.3) is 0 Å². The van der Waals surface area contributed by atoms with Crippen molar-refractivity contribution in [2.24, 2.45) is 0 Å². The lowest BCUT2D eigenvalue weighted by Crippen LogP contribution is -2.27. The maximum Gasteiger partial charge on any atom is 0.128 e. The Bertz CT molecular complexity index is 366. The van der Waals surface area contributed by atoms with Gasteiger partial charge in [-0.25, -0.2) is 0 Å². The minimum absolute atomic E-state index is 0.263. The SMILES string of the molecule is CC1(C)C=[C]c2cc(Cl)ccc2O1. The van der Waals surface area contributed by atoms with Gasteiger partial charge in [0.05, 0.1) is 0 Å². The van der Waals surface area contributed by atoms with Gasteiger partial charge in [-0.2, -0.15) is 0 Å². The van der Waals surface area contributed by atoms with Gasteiger partial charge in [-0.3, -0.25) is 0 Å². The van der Waals surface area contributed by atoms with Crippen LogP contribution in [0.5, 0.6) is 5.75 Å². The number of fused-ring (bicyclic) bond motifs is 1. The highest BCUT2D eigenvalue weighted by molar-refractivity contribution is 6.30. The van der Waals surface area contributed by atoms with Crippen molar-refractivity contribution in [3.63, 3.8) is 0 Å². The van der Waals surface area contributed by atoms with E-state index in [1.165, 1.54) is 0 Å². The summed E-state index contributed by atoms with van der Waals surface area (Å²) in [6.45, 7) is 4.00. The third-order valence-corrected chi connectivity index (χ3v) is 2.12. The zero-order valence-corrected chi connectivity index (χ0v) is 8.35. The Labute approximate surface area is 83.0 Å². The molecule has 1 heterocycles. The molecule has 1 aromatic carbocycles. The molecule has 0 amide bonds. The van der Waals surface area contributed by atoms with Gasteiger partial charge in [0.15, 0.2) is 0 Å². The molecule has 2 heteroatoms. The van der Waals surface area contributed by atoms with Gasteiger partial charge in [-0.15, -0.1) is 0 Å². The lowest BCUT2D eigenvalue weighted by molar-refractivity contribution is 0.156. The number of hydrogen-bond acceptors (Lipinski definition) is 1. The standard InChI is InChI=1S/C11H10ClO/c1-11(2)6-5-8-7-9(12)3-4-10(8)13-11/h3-4,6-7H,1-2H3. The van der Waals surface area contributed by atoms with Gasteiger partial charge >= 0.3 is 0 Å². The van der Waals surface area contributed by atoms with Gasteiger partial charge in [-0.1, -0.05) is 11.6 Å². The minimum atomic E-state index is -0.263. The Morgan fingerprint density at radius 3 is 2.92 bits per heavy atom. The van der Waals surface area contributed by atoms with Crippen molar-refractivity contribution < 1.29 is 4.74 Å². The van der Waals surface area contributed by atoms with Crippen molar-refractivity contribution in [2.45, 2.75) is 19.4 Å². The average molecular weight is 194 g/mol. The minimum Gasteiger partial charge on any atom is -0.483 e. The summed E-state index contributed by atoms with van der Waals surface area (Å²) in [5, 5.41) is 0.711. The first-order valence-corrected chi connectivity index (χ1v) is 4.54. The van der Waals surface area contributed by atoms with Gasteiger partial charge in [0.2, 0.25) is 0 Å². The second-order valence-corrected chi connectivity index (χ2v) is 4.07. The lowest BCUT2D eigenvalue weighted by Gasteiger charge is -2.27. The van der Waals surface area contributed by atoms with Crippen LogP contribution >= 0.6 is 11.6 Å². The highest BCUT2D eigenvalue weighted by atomic mass is 35.5. The summed E-state index contributed by atoms with van der Waals surface area (Å²) in [7, 11) is 0. The number of halogens is 1. The second-order valence-electron chi connectivity index (χ2n) is 3.63. The van der Waals surface area contributed by atoms with Crippen LogP contribution in [0.1, 0.15) is 19.4 Å². The van der Waals surface area contributed by atoms with Crippen LogP contribution in [0.3, 0.4) is 0 Å². The van der Waals surface area contributed by atoms with E-state index in [0.717, 1.165) is 11.3 Å². The Balaban J connectivity index is 2.47. The van der Waals surface area contributed by atoms with Crippen molar-refractivity contribution in [1.82, 2.24) is 0 Å². The molecule has 1 nitrogen and oxygen atoms in total. The van der Waals surface area contributed by atoms with Crippen LogP contribution in [0, 0.1) is 6.08 Å². The summed E-state index contributed by atoms with van der Waals surface area (Å²) >= 11 is 5.84. The molecule has 0 unspecified atom stereocenters. The maximum atomic E-state index is 5.84. The van der Waals surface area contributed by atoms with E-state index in [9.17, 15) is 0 Å². The Morgan fingerprint density at radius 2 is 2.15 bits per heavy atom. The third-order valence-electron chi connectivity index (χ3n) is 1.89. The molecular weight excluding hydrogens is 184 g/mol. The molecule has 1 aromatic rings. The Kier molecular flexibility index (Phi) is 1.85. The molecule has 0 atom stereocenters. The highest BCUT2D eigenvalue weighted by Crippen LogP contribution is 2.30. The largest absolute Gasteiger partial charge is 0.483 e. The number of rotatable bonds is 0. The van der Waals surface area contributed by atoms with Crippen LogP contribution in [-0.2, 0) is 0 Å². The molecule has 0 aliphatic carbocycles. The molecule has 0 saturated heterocycles. The highest BCUT2D eigenvalue weighted by Gasteiger charge is 2.21. The van der Waals surface area contributed by atoms with Gasteiger partial charge in [0, 0.05) is 10.6 Å². The molecule has 0 saturated carbocycles. The molecular formula is C11H10ClO. The number of benzene rings is 1. The van der Waals surface area contributed by atoms with Gasteiger partial charge in [-0.05, 0) is 44.2 Å². The summed E-state index contributed by atoms with van der Waals surface area (Å²) in [5.41, 5.74) is 0.660. The fourth-order valence-corrected chi connectivity index (χ4v) is 1.44. The fraction of sp³-hybridized carbons (Fsp3) is 0.273. The Morgan fingerprint density at radius 1 is 1.38 bits per heavy atom. The van der Waals surface area contributed by atoms with E-state index in [2.05, 4.69) is 6.08 Å². The molecule has 0 fully saturated rings. The predicted octanol–water partition coefficient (Wildman–Crippen LogP) is 3.22. The summed E-state index contributed by atoms with van der Waals surface area (Å²) in [6, 6.07) is 5.55. The molecule has 1 aliphatic rings. The average Bonchev–Trinajstić information content (AvgIpc) is 2.05. The summed E-state index contributed by atoms with van der Waals surface area (Å²) < 4.78 is 5.70. The Hall–Kier alpha value is -0.950. The van der Waals surface area contributed by atoms with Crippen LogP contribution < -0.4 is 4.74 Å². The van der Waals surface area contributed by atoms with Crippen molar-refractivity contribution in [1.29, 1.82) is 0 Å². The van der Waals surface area contributed by atoms with E-state index in [-0.39, 0.29) is 5.60 Å². The first-order chi connectivity index (χ1) is 6.07. The van der Waals surface area contributed by atoms with Crippen molar-refractivity contribution >= 4 is 11.6 Å². The molecule has 0 aromatic heterocycles. The molecule has 1 aliphatic heterocycles. The monoisotopic (exact) mass is 193 g/mol. The van der Waals surface area contributed by atoms with Crippen molar-refractivity contribution in [2.75, 3.05) is 0 Å². The van der Waals surface area contributed by atoms with Crippen LogP contribution in [0.2, 0.25) is 5.02 Å². The van der Waals surface area contributed by atoms with E-state index < -0.39 is 0 Å². The predicted molar refractivity (Wildman–Crippen MR) is 53.1 cm³/mol. The molecule has 0 spiro atoms. The molecule has 13 heavy (non-hydrogen) atoms. The van der Waals surface area contributed by atoms with Crippen LogP contribution in [0.25, 0.3) is 0 Å². The van der Waals surface area contributed by atoms with Crippen molar-refractivity contribution in [3.05, 3.63) is 40.9 Å². The third kappa shape index (κ3) is 1.70. The molecule has 0 N–H and O–H groups in total. The number of hydrogen-bond donors (Lipinski definition) is 0. The zero-order chi connectivity index (χ0) is 9.47. The normalized spacial score (nSPS) is 17.8. The van der Waals surface area contributed by atoms with E-state index >= 15 is 0 Å². The zero-order valence-electron chi connectivity index (χ0n) is 7.60. The smallest absolute Gasteiger partial charge is 0.128 e. The first-order valence-electron chi connectivity index (χ1n) is 4.16. The molecule has 0 bridgehead atoms. The van der Waals surface area contributed by atoms with Gasteiger partial charge in [0.1, 0.15) is 11.4 Å². The summed E-state index contributed by atoms with van der Waals surface area (Å²) in [5.74, 6) is 0.844. The quantitative estimate of drug-likeness (QED) is 0.615. The van der Waals surface area contributed by atoms with Crippen LogP contribution in [0.4, 0.5) is 0 Å². The molecule has 1 radical (unpaired) electrons. The van der Waals surface area contributed by atoms with Gasteiger partial charge < -0.3 is 4.74 Å². The number of ether oxygens (including phenoxy) is 1. The summed E-state index contributed by atoms with van der Waals surface area (Å²) in [6.07, 6.45) is 5.07. The second kappa shape index (κ2) is 2.78. The first kappa shape index (κ1) is 8.64. The lowest BCUT2D eigenvalue weighted by atomic mass is 10.0. The maximum absolute atomic E-state index is 5.84.